The number of nitrogens with zero attached hydrogens (tertiary/aromatic N) is 1. The molecule has 1 aromatic heterocycles. The monoisotopic (exact) mass is 333 g/mol. The van der Waals surface area contributed by atoms with Crippen LogP contribution in [0.4, 0.5) is 0 Å². The molecule has 0 unspecified atom stereocenters. The molecule has 0 spiro atoms. The van der Waals surface area contributed by atoms with Gasteiger partial charge >= 0.3 is 0 Å². The minimum absolute atomic E-state index is 0.0558. The minimum atomic E-state index is -3.72. The molecular formula is C16H19N3O3S. The summed E-state index contributed by atoms with van der Waals surface area (Å²) < 4.78 is 27.2. The molecule has 0 atom stereocenters. The van der Waals surface area contributed by atoms with Crippen LogP contribution in [-0.2, 0) is 16.6 Å². The fraction of sp³-hybridized carbons (Fsp3) is 0.250. The SMILES string of the molecule is CCNC(=O)c1cc(S(=O)(=O)NCc2ccccn2)ccc1C. The Morgan fingerprint density at radius 1 is 1.22 bits per heavy atom. The molecule has 1 aromatic carbocycles. The Hall–Kier alpha value is -2.25. The molecule has 122 valence electrons. The lowest BCUT2D eigenvalue weighted by atomic mass is 10.1. The first-order valence-corrected chi connectivity index (χ1v) is 8.71. The van der Waals surface area contributed by atoms with Crippen molar-refractivity contribution in [3.8, 4) is 0 Å². The summed E-state index contributed by atoms with van der Waals surface area (Å²) in [4.78, 5) is 16.1. The Labute approximate surface area is 136 Å². The number of carbonyl (C=O) groups excluding carboxylic acids is 1. The number of aryl methyl sites for hydroxylation is 1. The molecule has 0 saturated carbocycles. The van der Waals surface area contributed by atoms with Crippen molar-refractivity contribution in [2.24, 2.45) is 0 Å². The third-order valence-corrected chi connectivity index (χ3v) is 4.67. The highest BCUT2D eigenvalue weighted by molar-refractivity contribution is 7.89. The molecule has 0 aliphatic carbocycles. The molecule has 1 amide bonds. The van der Waals surface area contributed by atoms with E-state index in [-0.39, 0.29) is 17.3 Å². The van der Waals surface area contributed by atoms with Crippen LogP contribution in [0.1, 0.15) is 28.5 Å². The van der Waals surface area contributed by atoms with Crippen LogP contribution in [0.15, 0.2) is 47.5 Å². The molecule has 2 rings (SSSR count). The van der Waals surface area contributed by atoms with Crippen molar-refractivity contribution < 1.29 is 13.2 Å². The molecule has 0 fully saturated rings. The van der Waals surface area contributed by atoms with Gasteiger partial charge in [-0.25, -0.2) is 13.1 Å². The lowest BCUT2D eigenvalue weighted by Gasteiger charge is -2.10. The zero-order chi connectivity index (χ0) is 16.9. The van der Waals surface area contributed by atoms with Gasteiger partial charge in [-0.15, -0.1) is 0 Å². The van der Waals surface area contributed by atoms with Crippen LogP contribution in [-0.4, -0.2) is 25.9 Å². The lowest BCUT2D eigenvalue weighted by molar-refractivity contribution is 0.0955. The van der Waals surface area contributed by atoms with Gasteiger partial charge in [-0.05, 0) is 43.7 Å². The largest absolute Gasteiger partial charge is 0.352 e. The first kappa shape index (κ1) is 17.1. The number of aromatic nitrogens is 1. The van der Waals surface area contributed by atoms with Crippen molar-refractivity contribution in [1.29, 1.82) is 0 Å². The van der Waals surface area contributed by atoms with Crippen molar-refractivity contribution in [3.05, 3.63) is 59.4 Å². The summed E-state index contributed by atoms with van der Waals surface area (Å²) in [5.74, 6) is -0.285. The van der Waals surface area contributed by atoms with E-state index >= 15 is 0 Å². The van der Waals surface area contributed by atoms with Crippen molar-refractivity contribution in [2.75, 3.05) is 6.54 Å². The summed E-state index contributed by atoms with van der Waals surface area (Å²) in [6.45, 7) is 4.14. The molecule has 2 aromatic rings. The molecule has 0 aliphatic rings. The average molecular weight is 333 g/mol. The average Bonchev–Trinajstić information content (AvgIpc) is 2.54. The van der Waals surface area contributed by atoms with Gasteiger partial charge in [0.1, 0.15) is 0 Å². The van der Waals surface area contributed by atoms with Crippen LogP contribution in [0.25, 0.3) is 0 Å². The second-order valence-corrected chi connectivity index (χ2v) is 6.75. The van der Waals surface area contributed by atoms with Crippen LogP contribution in [0, 0.1) is 6.92 Å². The molecule has 0 bridgehead atoms. The van der Waals surface area contributed by atoms with Crippen LogP contribution in [0.5, 0.6) is 0 Å². The zero-order valence-corrected chi connectivity index (χ0v) is 13.9. The number of sulfonamides is 1. The Morgan fingerprint density at radius 2 is 2.00 bits per heavy atom. The lowest BCUT2D eigenvalue weighted by Crippen LogP contribution is -2.26. The number of hydrogen-bond donors (Lipinski definition) is 2. The van der Waals surface area contributed by atoms with Gasteiger partial charge in [-0.1, -0.05) is 12.1 Å². The standard InChI is InChI=1S/C16H19N3O3S/c1-3-17-16(20)15-10-14(8-7-12(15)2)23(21,22)19-11-13-6-4-5-9-18-13/h4-10,19H,3,11H2,1-2H3,(H,17,20). The van der Waals surface area contributed by atoms with E-state index in [0.29, 0.717) is 17.8 Å². The van der Waals surface area contributed by atoms with E-state index in [0.717, 1.165) is 5.56 Å². The first-order chi connectivity index (χ1) is 10.9. The van der Waals surface area contributed by atoms with E-state index in [4.69, 9.17) is 0 Å². The Balaban J connectivity index is 2.22. The summed E-state index contributed by atoms with van der Waals surface area (Å²) in [5, 5.41) is 2.67. The number of rotatable bonds is 6. The molecule has 2 N–H and O–H groups in total. The molecule has 0 aliphatic heterocycles. The summed E-state index contributed by atoms with van der Waals surface area (Å²) >= 11 is 0. The normalized spacial score (nSPS) is 11.2. The van der Waals surface area contributed by atoms with Gasteiger partial charge < -0.3 is 5.32 Å². The van der Waals surface area contributed by atoms with Gasteiger partial charge in [0.15, 0.2) is 0 Å². The number of hydrogen-bond acceptors (Lipinski definition) is 4. The van der Waals surface area contributed by atoms with Crippen LogP contribution >= 0.6 is 0 Å². The van der Waals surface area contributed by atoms with Gasteiger partial charge in [0.05, 0.1) is 17.1 Å². The smallest absolute Gasteiger partial charge is 0.251 e. The second-order valence-electron chi connectivity index (χ2n) is 4.98. The Bertz CT molecular complexity index is 789. The van der Waals surface area contributed by atoms with Gasteiger partial charge in [-0.3, -0.25) is 9.78 Å². The molecule has 0 radical (unpaired) electrons. The fourth-order valence-corrected chi connectivity index (χ4v) is 3.05. The van der Waals surface area contributed by atoms with E-state index in [9.17, 15) is 13.2 Å². The van der Waals surface area contributed by atoms with E-state index in [1.807, 2.05) is 6.92 Å². The zero-order valence-electron chi connectivity index (χ0n) is 13.0. The van der Waals surface area contributed by atoms with Crippen LogP contribution in [0.3, 0.4) is 0 Å². The predicted octanol–water partition coefficient (Wildman–Crippen LogP) is 1.62. The van der Waals surface area contributed by atoms with Crippen molar-refractivity contribution in [1.82, 2.24) is 15.0 Å². The Kier molecular flexibility index (Phi) is 5.46. The summed E-state index contributed by atoms with van der Waals surface area (Å²) in [6.07, 6.45) is 1.60. The molecule has 1 heterocycles. The highest BCUT2D eigenvalue weighted by Gasteiger charge is 2.17. The van der Waals surface area contributed by atoms with Crippen LogP contribution in [0.2, 0.25) is 0 Å². The highest BCUT2D eigenvalue weighted by atomic mass is 32.2. The first-order valence-electron chi connectivity index (χ1n) is 7.22. The van der Waals surface area contributed by atoms with E-state index < -0.39 is 10.0 Å². The van der Waals surface area contributed by atoms with Crippen molar-refractivity contribution in [3.63, 3.8) is 0 Å². The molecular weight excluding hydrogens is 314 g/mol. The number of nitrogens with one attached hydrogen (secondary N) is 2. The van der Waals surface area contributed by atoms with E-state index in [2.05, 4.69) is 15.0 Å². The minimum Gasteiger partial charge on any atom is -0.352 e. The maximum absolute atomic E-state index is 12.4. The predicted molar refractivity (Wildman–Crippen MR) is 87.4 cm³/mol. The quantitative estimate of drug-likeness (QED) is 0.841. The van der Waals surface area contributed by atoms with Gasteiger partial charge in [-0.2, -0.15) is 0 Å². The molecule has 23 heavy (non-hydrogen) atoms. The van der Waals surface area contributed by atoms with Crippen LogP contribution < -0.4 is 10.0 Å². The molecule has 7 heteroatoms. The topological polar surface area (TPSA) is 88.2 Å². The van der Waals surface area contributed by atoms with E-state index in [1.54, 1.807) is 37.4 Å². The summed E-state index contributed by atoms with van der Waals surface area (Å²) in [7, 11) is -3.72. The maximum Gasteiger partial charge on any atom is 0.251 e. The van der Waals surface area contributed by atoms with Crippen molar-refractivity contribution >= 4 is 15.9 Å². The number of benzene rings is 1. The third-order valence-electron chi connectivity index (χ3n) is 3.27. The molecule has 0 saturated heterocycles. The third kappa shape index (κ3) is 4.37. The number of amides is 1. The molecule has 6 nitrogen and oxygen atoms in total. The van der Waals surface area contributed by atoms with Gasteiger partial charge in [0.25, 0.3) is 5.91 Å². The van der Waals surface area contributed by atoms with Gasteiger partial charge in [0.2, 0.25) is 10.0 Å². The van der Waals surface area contributed by atoms with Crippen molar-refractivity contribution in [2.45, 2.75) is 25.3 Å². The number of carbonyl (C=O) groups is 1. The maximum atomic E-state index is 12.4. The highest BCUT2D eigenvalue weighted by Crippen LogP contribution is 2.16. The Morgan fingerprint density at radius 3 is 2.65 bits per heavy atom. The second kappa shape index (κ2) is 7.34. The number of pyridine rings is 1. The van der Waals surface area contributed by atoms with Gasteiger partial charge in [0, 0.05) is 18.3 Å². The summed E-state index contributed by atoms with van der Waals surface area (Å²) in [6, 6.07) is 9.78. The summed E-state index contributed by atoms with van der Waals surface area (Å²) in [5.41, 5.74) is 1.69. The fourth-order valence-electron chi connectivity index (χ4n) is 2.02. The van der Waals surface area contributed by atoms with E-state index in [1.165, 1.54) is 12.1 Å².